The molecular weight excluding hydrogens is 276 g/mol. The summed E-state index contributed by atoms with van der Waals surface area (Å²) >= 11 is 0. The molecule has 0 radical (unpaired) electrons. The molecule has 2 rings (SSSR count). The number of carbonyl (C=O) groups excluding carboxylic acids is 1. The first-order valence-corrected chi connectivity index (χ1v) is 6.77. The number of rotatable bonds is 5. The van der Waals surface area contributed by atoms with Crippen molar-refractivity contribution in [2.45, 2.75) is 19.4 Å². The lowest BCUT2D eigenvalue weighted by atomic mass is 9.90. The van der Waals surface area contributed by atoms with E-state index >= 15 is 0 Å². The average Bonchev–Trinajstić information content (AvgIpc) is 3.08. The Morgan fingerprint density at radius 2 is 2.38 bits per heavy atom. The number of hydrogen-bond donors (Lipinski definition) is 2. The van der Waals surface area contributed by atoms with Gasteiger partial charge in [0.1, 0.15) is 11.8 Å². The van der Waals surface area contributed by atoms with Crippen LogP contribution >= 0.6 is 0 Å². The number of likely N-dealkylation sites (tertiary alicyclic amines) is 1. The number of nitrogens with zero attached hydrogens (tertiary/aromatic N) is 1. The minimum absolute atomic E-state index is 0.200. The molecule has 1 aromatic rings. The van der Waals surface area contributed by atoms with Crippen molar-refractivity contribution >= 4 is 12.0 Å². The molecule has 2 N–H and O–H groups in total. The largest absolute Gasteiger partial charge is 0.481 e. The minimum Gasteiger partial charge on any atom is -0.481 e. The van der Waals surface area contributed by atoms with Crippen LogP contribution in [0.4, 0.5) is 4.79 Å². The van der Waals surface area contributed by atoms with Crippen molar-refractivity contribution in [3.8, 4) is 0 Å². The lowest BCUT2D eigenvalue weighted by Gasteiger charge is -2.23. The first-order chi connectivity index (χ1) is 9.96. The summed E-state index contributed by atoms with van der Waals surface area (Å²) in [6.45, 7) is 2.56. The summed E-state index contributed by atoms with van der Waals surface area (Å²) in [5, 5.41) is 12.0. The molecule has 0 aromatic carbocycles. The maximum Gasteiger partial charge on any atom is 0.318 e. The van der Waals surface area contributed by atoms with E-state index in [0.29, 0.717) is 18.7 Å². The van der Waals surface area contributed by atoms with E-state index < -0.39 is 17.4 Å². The van der Waals surface area contributed by atoms with Crippen molar-refractivity contribution in [3.63, 3.8) is 0 Å². The Morgan fingerprint density at radius 1 is 1.62 bits per heavy atom. The minimum atomic E-state index is -0.878. The lowest BCUT2D eigenvalue weighted by molar-refractivity contribution is -0.147. The van der Waals surface area contributed by atoms with Crippen LogP contribution in [0.25, 0.3) is 0 Å². The van der Waals surface area contributed by atoms with E-state index in [0.717, 1.165) is 0 Å². The van der Waals surface area contributed by atoms with Gasteiger partial charge in [0.15, 0.2) is 0 Å². The predicted octanol–water partition coefficient (Wildman–Crippen LogP) is 1.47. The van der Waals surface area contributed by atoms with Gasteiger partial charge in [-0.15, -0.1) is 0 Å². The SMILES string of the molecule is COCC(NC(=O)N1CCC(C)(C(=O)O)C1)c1ccco1. The third-order valence-electron chi connectivity index (χ3n) is 3.79. The van der Waals surface area contributed by atoms with Crippen molar-refractivity contribution in [3.05, 3.63) is 24.2 Å². The van der Waals surface area contributed by atoms with Crippen LogP contribution in [0.1, 0.15) is 25.1 Å². The van der Waals surface area contributed by atoms with Crippen LogP contribution in [0.3, 0.4) is 0 Å². The van der Waals surface area contributed by atoms with Gasteiger partial charge in [-0.25, -0.2) is 4.79 Å². The molecule has 0 spiro atoms. The van der Waals surface area contributed by atoms with Crippen molar-refractivity contribution in [1.29, 1.82) is 0 Å². The number of ether oxygens (including phenoxy) is 1. The maximum atomic E-state index is 12.3. The quantitative estimate of drug-likeness (QED) is 0.858. The highest BCUT2D eigenvalue weighted by atomic mass is 16.5. The lowest BCUT2D eigenvalue weighted by Crippen LogP contribution is -2.43. The monoisotopic (exact) mass is 296 g/mol. The Balaban J connectivity index is 1.99. The zero-order chi connectivity index (χ0) is 15.5. The highest BCUT2D eigenvalue weighted by molar-refractivity contribution is 5.79. The molecule has 2 unspecified atom stereocenters. The van der Waals surface area contributed by atoms with E-state index in [1.165, 1.54) is 11.2 Å². The fourth-order valence-corrected chi connectivity index (χ4v) is 2.40. The van der Waals surface area contributed by atoms with Crippen molar-refractivity contribution in [2.24, 2.45) is 5.41 Å². The molecule has 0 saturated carbocycles. The standard InChI is InChI=1S/C14H20N2O5/c1-14(12(17)18)5-6-16(9-14)13(19)15-10(8-20-2)11-4-3-7-21-11/h3-4,7,10H,5-6,8-9H2,1-2H3,(H,15,19)(H,17,18). The molecule has 1 saturated heterocycles. The Morgan fingerprint density at radius 3 is 2.90 bits per heavy atom. The molecule has 7 nitrogen and oxygen atoms in total. The van der Waals surface area contributed by atoms with E-state index in [2.05, 4.69) is 5.32 Å². The summed E-state index contributed by atoms with van der Waals surface area (Å²) in [6, 6.07) is 2.80. The third kappa shape index (κ3) is 3.36. The Hall–Kier alpha value is -2.02. The first-order valence-electron chi connectivity index (χ1n) is 6.77. The molecule has 0 aliphatic carbocycles. The highest BCUT2D eigenvalue weighted by Crippen LogP contribution is 2.30. The van der Waals surface area contributed by atoms with E-state index in [1.807, 2.05) is 0 Å². The molecule has 1 fully saturated rings. The van der Waals surface area contributed by atoms with Crippen LogP contribution in [0.5, 0.6) is 0 Å². The van der Waals surface area contributed by atoms with Crippen LogP contribution in [0.15, 0.2) is 22.8 Å². The number of hydrogen-bond acceptors (Lipinski definition) is 4. The third-order valence-corrected chi connectivity index (χ3v) is 3.79. The van der Waals surface area contributed by atoms with Crippen LogP contribution in [-0.2, 0) is 9.53 Å². The van der Waals surface area contributed by atoms with E-state index in [-0.39, 0.29) is 19.2 Å². The second kappa shape index (κ2) is 6.17. The Bertz CT molecular complexity index is 501. The summed E-state index contributed by atoms with van der Waals surface area (Å²) < 4.78 is 10.4. The number of furan rings is 1. The van der Waals surface area contributed by atoms with E-state index in [1.54, 1.807) is 26.2 Å². The average molecular weight is 296 g/mol. The second-order valence-electron chi connectivity index (χ2n) is 5.51. The second-order valence-corrected chi connectivity index (χ2v) is 5.51. The number of methoxy groups -OCH3 is 1. The zero-order valence-corrected chi connectivity index (χ0v) is 12.2. The van der Waals surface area contributed by atoms with Gasteiger partial charge in [-0.05, 0) is 25.5 Å². The topological polar surface area (TPSA) is 92.0 Å². The number of carbonyl (C=O) groups is 2. The predicted molar refractivity (Wildman–Crippen MR) is 73.8 cm³/mol. The summed E-state index contributed by atoms with van der Waals surface area (Å²) in [5.41, 5.74) is -0.876. The molecular formula is C14H20N2O5. The number of carboxylic acids is 1. The van der Waals surface area contributed by atoms with Crippen molar-refractivity contribution in [2.75, 3.05) is 26.8 Å². The molecule has 21 heavy (non-hydrogen) atoms. The first kappa shape index (κ1) is 15.4. The number of carboxylic acid groups (broad SMARTS) is 1. The Labute approximate surface area is 122 Å². The molecule has 7 heteroatoms. The van der Waals surface area contributed by atoms with Crippen LogP contribution < -0.4 is 5.32 Å². The maximum absolute atomic E-state index is 12.3. The van der Waals surface area contributed by atoms with Gasteiger partial charge in [-0.1, -0.05) is 0 Å². The number of aliphatic carboxylic acids is 1. The number of amides is 2. The van der Waals surface area contributed by atoms with Gasteiger partial charge in [0.2, 0.25) is 0 Å². The Kier molecular flexibility index (Phi) is 4.52. The normalized spacial score (nSPS) is 23.0. The molecule has 2 heterocycles. The van der Waals surface area contributed by atoms with Gasteiger partial charge in [-0.2, -0.15) is 0 Å². The van der Waals surface area contributed by atoms with E-state index in [9.17, 15) is 14.7 Å². The van der Waals surface area contributed by atoms with Crippen LogP contribution in [0, 0.1) is 5.41 Å². The molecule has 2 amide bonds. The van der Waals surface area contributed by atoms with Crippen molar-refractivity contribution in [1.82, 2.24) is 10.2 Å². The molecule has 1 aromatic heterocycles. The van der Waals surface area contributed by atoms with Crippen LogP contribution in [-0.4, -0.2) is 48.8 Å². The van der Waals surface area contributed by atoms with E-state index in [4.69, 9.17) is 9.15 Å². The van der Waals surface area contributed by atoms with Gasteiger partial charge >= 0.3 is 12.0 Å². The van der Waals surface area contributed by atoms with Gasteiger partial charge in [0.05, 0.1) is 18.3 Å². The van der Waals surface area contributed by atoms with Gasteiger partial charge in [-0.3, -0.25) is 4.79 Å². The molecule has 1 aliphatic rings. The smallest absolute Gasteiger partial charge is 0.318 e. The van der Waals surface area contributed by atoms with Gasteiger partial charge in [0, 0.05) is 20.2 Å². The summed E-state index contributed by atoms with van der Waals surface area (Å²) in [6.07, 6.45) is 1.98. The van der Waals surface area contributed by atoms with Gasteiger partial charge in [0.25, 0.3) is 0 Å². The van der Waals surface area contributed by atoms with Crippen molar-refractivity contribution < 1.29 is 23.8 Å². The summed E-state index contributed by atoms with van der Waals surface area (Å²) in [5.74, 6) is -0.275. The number of urea groups is 1. The molecule has 116 valence electrons. The molecule has 0 bridgehead atoms. The summed E-state index contributed by atoms with van der Waals surface area (Å²) in [4.78, 5) is 25.0. The highest BCUT2D eigenvalue weighted by Gasteiger charge is 2.42. The number of nitrogens with one attached hydrogen (secondary N) is 1. The molecule has 2 atom stereocenters. The zero-order valence-electron chi connectivity index (χ0n) is 12.2. The summed E-state index contributed by atoms with van der Waals surface area (Å²) in [7, 11) is 1.54. The van der Waals surface area contributed by atoms with Gasteiger partial charge < -0.3 is 24.5 Å². The molecule has 1 aliphatic heterocycles. The van der Waals surface area contributed by atoms with Crippen LogP contribution in [0.2, 0.25) is 0 Å². The fourth-order valence-electron chi connectivity index (χ4n) is 2.40. The fraction of sp³-hybridized carbons (Fsp3) is 0.571.